The second-order valence-corrected chi connectivity index (χ2v) is 5.23. The van der Waals surface area contributed by atoms with E-state index in [-0.39, 0.29) is 0 Å². The lowest BCUT2D eigenvalue weighted by Gasteiger charge is -2.15. The molecule has 1 atom stereocenters. The first kappa shape index (κ1) is 14.1. The van der Waals surface area contributed by atoms with E-state index in [4.69, 9.17) is 17.3 Å². The number of aryl methyl sites for hydroxylation is 2. The molecule has 1 aromatic heterocycles. The molecule has 3 nitrogen and oxygen atoms in total. The summed E-state index contributed by atoms with van der Waals surface area (Å²) in [7, 11) is 1.94. The molecule has 0 bridgehead atoms. The summed E-state index contributed by atoms with van der Waals surface area (Å²) in [5, 5.41) is 5.12. The van der Waals surface area contributed by atoms with Crippen LogP contribution < -0.4 is 5.73 Å². The number of nitrogens with two attached hydrogens (primary N) is 1. The summed E-state index contributed by atoms with van der Waals surface area (Å²) in [4.78, 5) is 0. The average Bonchev–Trinajstić information content (AvgIpc) is 2.66. The second-order valence-electron chi connectivity index (χ2n) is 4.85. The molecular formula is C15H20ClN3. The molecule has 0 aliphatic carbocycles. The highest BCUT2D eigenvalue weighted by Gasteiger charge is 2.14. The van der Waals surface area contributed by atoms with E-state index >= 15 is 0 Å². The molecule has 1 aromatic carbocycles. The predicted octanol–water partition coefficient (Wildman–Crippen LogP) is 3.06. The minimum atomic E-state index is 0.368. The third-order valence-corrected chi connectivity index (χ3v) is 4.04. The van der Waals surface area contributed by atoms with Gasteiger partial charge in [0, 0.05) is 7.05 Å². The predicted molar refractivity (Wildman–Crippen MR) is 79.5 cm³/mol. The highest BCUT2D eigenvalue weighted by atomic mass is 35.5. The Labute approximate surface area is 119 Å². The van der Waals surface area contributed by atoms with Crippen LogP contribution in [0.5, 0.6) is 0 Å². The van der Waals surface area contributed by atoms with Gasteiger partial charge in [-0.1, -0.05) is 41.9 Å². The molecule has 0 saturated heterocycles. The van der Waals surface area contributed by atoms with E-state index < -0.39 is 0 Å². The summed E-state index contributed by atoms with van der Waals surface area (Å²) in [5.74, 6) is 0.368. The van der Waals surface area contributed by atoms with Crippen LogP contribution >= 0.6 is 11.6 Å². The number of halogens is 1. The van der Waals surface area contributed by atoms with Gasteiger partial charge in [0.05, 0.1) is 16.4 Å². The molecule has 0 fully saturated rings. The molecule has 0 aliphatic heterocycles. The summed E-state index contributed by atoms with van der Waals surface area (Å²) >= 11 is 6.27. The van der Waals surface area contributed by atoms with Crippen molar-refractivity contribution in [1.82, 2.24) is 9.78 Å². The fraction of sp³-hybridized carbons (Fsp3) is 0.400. The van der Waals surface area contributed by atoms with E-state index in [1.807, 2.05) is 24.7 Å². The third-order valence-electron chi connectivity index (χ3n) is 3.55. The molecule has 0 saturated carbocycles. The van der Waals surface area contributed by atoms with Crippen LogP contribution in [0.3, 0.4) is 0 Å². The third kappa shape index (κ3) is 3.17. The fourth-order valence-electron chi connectivity index (χ4n) is 2.41. The topological polar surface area (TPSA) is 43.8 Å². The second kappa shape index (κ2) is 6.22. The Morgan fingerprint density at radius 3 is 2.53 bits per heavy atom. The Balaban J connectivity index is 2.08. The Hall–Kier alpha value is -1.32. The van der Waals surface area contributed by atoms with Crippen molar-refractivity contribution in [3.63, 3.8) is 0 Å². The van der Waals surface area contributed by atoms with Crippen molar-refractivity contribution >= 4 is 11.6 Å². The van der Waals surface area contributed by atoms with Gasteiger partial charge < -0.3 is 5.73 Å². The van der Waals surface area contributed by atoms with Gasteiger partial charge in [-0.15, -0.1) is 0 Å². The first-order valence-corrected chi connectivity index (χ1v) is 6.94. The van der Waals surface area contributed by atoms with Crippen LogP contribution in [0, 0.1) is 6.92 Å². The van der Waals surface area contributed by atoms with Gasteiger partial charge in [-0.2, -0.15) is 5.10 Å². The van der Waals surface area contributed by atoms with Gasteiger partial charge >= 0.3 is 0 Å². The molecule has 2 N–H and O–H groups in total. The zero-order valence-electron chi connectivity index (χ0n) is 11.4. The summed E-state index contributed by atoms with van der Waals surface area (Å²) in [5.41, 5.74) is 9.17. The Bertz CT molecular complexity index is 534. The van der Waals surface area contributed by atoms with Gasteiger partial charge in [0.2, 0.25) is 0 Å². The first-order chi connectivity index (χ1) is 9.13. The maximum Gasteiger partial charge on any atom is 0.0846 e. The average molecular weight is 278 g/mol. The van der Waals surface area contributed by atoms with Gasteiger partial charge in [-0.25, -0.2) is 0 Å². The molecule has 0 aliphatic rings. The molecular weight excluding hydrogens is 258 g/mol. The monoisotopic (exact) mass is 277 g/mol. The van der Waals surface area contributed by atoms with Crippen LogP contribution in [0.15, 0.2) is 30.3 Å². The van der Waals surface area contributed by atoms with Crippen molar-refractivity contribution in [3.8, 4) is 0 Å². The fourth-order valence-corrected chi connectivity index (χ4v) is 2.66. The minimum Gasteiger partial charge on any atom is -0.330 e. The largest absolute Gasteiger partial charge is 0.330 e. The van der Waals surface area contributed by atoms with E-state index in [0.717, 1.165) is 29.3 Å². The van der Waals surface area contributed by atoms with Crippen LogP contribution in [0.2, 0.25) is 5.02 Å². The lowest BCUT2D eigenvalue weighted by Crippen LogP contribution is -2.14. The first-order valence-electron chi connectivity index (χ1n) is 6.56. The van der Waals surface area contributed by atoms with E-state index in [1.165, 1.54) is 5.56 Å². The quantitative estimate of drug-likeness (QED) is 0.913. The summed E-state index contributed by atoms with van der Waals surface area (Å²) in [6.45, 7) is 2.59. The maximum atomic E-state index is 6.27. The molecule has 0 amide bonds. The Morgan fingerprint density at radius 2 is 2.00 bits per heavy atom. The van der Waals surface area contributed by atoms with Crippen molar-refractivity contribution in [3.05, 3.63) is 52.3 Å². The molecule has 2 rings (SSSR count). The Kier molecular flexibility index (Phi) is 4.61. The van der Waals surface area contributed by atoms with Gasteiger partial charge in [0.1, 0.15) is 0 Å². The number of nitrogens with zero attached hydrogens (tertiary/aromatic N) is 2. The lowest BCUT2D eigenvalue weighted by atomic mass is 9.93. The number of hydrogen-bond donors (Lipinski definition) is 1. The molecule has 0 radical (unpaired) electrons. The van der Waals surface area contributed by atoms with Gasteiger partial charge in [-0.05, 0) is 37.8 Å². The maximum absolute atomic E-state index is 6.27. The lowest BCUT2D eigenvalue weighted by molar-refractivity contribution is 0.602. The van der Waals surface area contributed by atoms with Crippen molar-refractivity contribution < 1.29 is 0 Å². The zero-order valence-corrected chi connectivity index (χ0v) is 12.2. The highest BCUT2D eigenvalue weighted by Crippen LogP contribution is 2.25. The standard InChI is InChI=1S/C15H20ClN3/c1-11-15(16)14(19(2)18-11)9-8-13(10-17)12-6-4-3-5-7-12/h3-7,13H,8-10,17H2,1-2H3. The molecule has 1 heterocycles. The molecule has 4 heteroatoms. The summed E-state index contributed by atoms with van der Waals surface area (Å²) in [6, 6.07) is 10.4. The number of hydrogen-bond acceptors (Lipinski definition) is 2. The van der Waals surface area contributed by atoms with Crippen LogP contribution in [-0.2, 0) is 13.5 Å². The minimum absolute atomic E-state index is 0.368. The van der Waals surface area contributed by atoms with Crippen LogP contribution in [0.25, 0.3) is 0 Å². The van der Waals surface area contributed by atoms with Crippen LogP contribution in [0.4, 0.5) is 0 Å². The molecule has 2 aromatic rings. The smallest absolute Gasteiger partial charge is 0.0846 e. The molecule has 1 unspecified atom stereocenters. The molecule has 0 spiro atoms. The van der Waals surface area contributed by atoms with Gasteiger partial charge in [0.15, 0.2) is 0 Å². The Morgan fingerprint density at radius 1 is 1.32 bits per heavy atom. The van der Waals surface area contributed by atoms with Gasteiger partial charge in [0.25, 0.3) is 0 Å². The normalized spacial score (nSPS) is 12.6. The van der Waals surface area contributed by atoms with Crippen LogP contribution in [0.1, 0.15) is 29.3 Å². The van der Waals surface area contributed by atoms with Gasteiger partial charge in [-0.3, -0.25) is 4.68 Å². The molecule has 102 valence electrons. The van der Waals surface area contributed by atoms with E-state index in [1.54, 1.807) is 0 Å². The number of rotatable bonds is 5. The number of benzene rings is 1. The van der Waals surface area contributed by atoms with E-state index in [9.17, 15) is 0 Å². The summed E-state index contributed by atoms with van der Waals surface area (Å²) < 4.78 is 1.87. The zero-order chi connectivity index (χ0) is 13.8. The van der Waals surface area contributed by atoms with Crippen molar-refractivity contribution in [2.45, 2.75) is 25.7 Å². The summed E-state index contributed by atoms with van der Waals surface area (Å²) in [6.07, 6.45) is 1.88. The van der Waals surface area contributed by atoms with E-state index in [2.05, 4.69) is 29.4 Å². The van der Waals surface area contributed by atoms with Crippen LogP contribution in [-0.4, -0.2) is 16.3 Å². The van der Waals surface area contributed by atoms with Crippen molar-refractivity contribution in [2.24, 2.45) is 12.8 Å². The highest BCUT2D eigenvalue weighted by molar-refractivity contribution is 6.31. The number of aromatic nitrogens is 2. The van der Waals surface area contributed by atoms with Crippen molar-refractivity contribution in [1.29, 1.82) is 0 Å². The van der Waals surface area contributed by atoms with E-state index in [0.29, 0.717) is 12.5 Å². The SMILES string of the molecule is Cc1nn(C)c(CCC(CN)c2ccccc2)c1Cl. The van der Waals surface area contributed by atoms with Crippen molar-refractivity contribution in [2.75, 3.05) is 6.54 Å². The molecule has 19 heavy (non-hydrogen) atoms.